The van der Waals surface area contributed by atoms with Crippen molar-refractivity contribution in [3.05, 3.63) is 47.5 Å². The minimum Gasteiger partial charge on any atom is -0.460 e. The third-order valence-corrected chi connectivity index (χ3v) is 4.28. The van der Waals surface area contributed by atoms with Crippen LogP contribution >= 0.6 is 0 Å². The number of hydrogen-bond donors (Lipinski definition) is 1. The molecular weight excluding hydrogens is 378 g/mol. The van der Waals surface area contributed by atoms with Crippen LogP contribution in [0.2, 0.25) is 0 Å². The smallest absolute Gasteiger partial charge is 0.408 e. The summed E-state index contributed by atoms with van der Waals surface area (Å²) in [6.45, 7) is 17.0. The van der Waals surface area contributed by atoms with E-state index in [2.05, 4.69) is 5.32 Å². The van der Waals surface area contributed by atoms with Crippen molar-refractivity contribution in [1.82, 2.24) is 5.32 Å². The Morgan fingerprint density at radius 2 is 1.50 bits per heavy atom. The number of amides is 1. The fourth-order valence-corrected chi connectivity index (χ4v) is 3.25. The highest BCUT2D eigenvalue weighted by Crippen LogP contribution is 2.25. The van der Waals surface area contributed by atoms with Gasteiger partial charge < -0.3 is 14.8 Å². The van der Waals surface area contributed by atoms with Crippen LogP contribution in [-0.4, -0.2) is 29.3 Å². The molecule has 0 aliphatic carbocycles. The monoisotopic (exact) mass is 417 g/mol. The molecule has 1 aromatic rings. The zero-order valence-corrected chi connectivity index (χ0v) is 20.0. The minimum atomic E-state index is -0.586. The van der Waals surface area contributed by atoms with Crippen molar-refractivity contribution >= 4 is 12.1 Å². The first-order valence-electron chi connectivity index (χ1n) is 10.6. The van der Waals surface area contributed by atoms with E-state index in [0.29, 0.717) is 6.42 Å². The van der Waals surface area contributed by atoms with Crippen LogP contribution in [0.25, 0.3) is 0 Å². The minimum absolute atomic E-state index is 0.0648. The van der Waals surface area contributed by atoms with E-state index in [1.807, 2.05) is 98.7 Å². The summed E-state index contributed by atoms with van der Waals surface area (Å²) in [5, 5.41) is 2.94. The lowest BCUT2D eigenvalue weighted by atomic mass is 9.87. The third kappa shape index (κ3) is 9.95. The molecule has 5 nitrogen and oxygen atoms in total. The highest BCUT2D eigenvalue weighted by atomic mass is 16.6. The van der Waals surface area contributed by atoms with Crippen LogP contribution in [0.15, 0.2) is 42.0 Å². The van der Waals surface area contributed by atoms with Crippen LogP contribution in [0.1, 0.15) is 67.9 Å². The molecule has 0 heterocycles. The van der Waals surface area contributed by atoms with Crippen LogP contribution in [0.5, 0.6) is 0 Å². The summed E-state index contributed by atoms with van der Waals surface area (Å²) in [5.41, 5.74) is 0.817. The van der Waals surface area contributed by atoms with Crippen LogP contribution in [0.3, 0.4) is 0 Å². The summed E-state index contributed by atoms with van der Waals surface area (Å²) in [5.74, 6) is -0.570. The third-order valence-electron chi connectivity index (χ3n) is 4.28. The number of carbonyl (C=O) groups excluding carboxylic acids is 2. The zero-order valence-electron chi connectivity index (χ0n) is 20.0. The molecule has 30 heavy (non-hydrogen) atoms. The Balaban J connectivity index is 3.14. The molecule has 1 aromatic carbocycles. The van der Waals surface area contributed by atoms with Gasteiger partial charge in [-0.25, -0.2) is 4.79 Å². The number of rotatable bonds is 7. The van der Waals surface area contributed by atoms with Gasteiger partial charge in [0, 0.05) is 0 Å². The van der Waals surface area contributed by atoms with Crippen LogP contribution in [0.4, 0.5) is 4.79 Å². The summed E-state index contributed by atoms with van der Waals surface area (Å²) in [7, 11) is 0. The summed E-state index contributed by atoms with van der Waals surface area (Å²) >= 11 is 0. The predicted molar refractivity (Wildman–Crippen MR) is 121 cm³/mol. The average molecular weight is 418 g/mol. The molecule has 0 saturated carbocycles. The Morgan fingerprint density at radius 3 is 1.97 bits per heavy atom. The quantitative estimate of drug-likeness (QED) is 0.458. The lowest BCUT2D eigenvalue weighted by Gasteiger charge is -2.27. The molecule has 0 unspecified atom stereocenters. The molecule has 5 heteroatoms. The molecule has 0 aromatic heterocycles. The van der Waals surface area contributed by atoms with Crippen molar-refractivity contribution in [1.29, 1.82) is 0 Å². The van der Waals surface area contributed by atoms with Gasteiger partial charge in [0.15, 0.2) is 0 Å². The van der Waals surface area contributed by atoms with E-state index in [-0.39, 0.29) is 23.8 Å². The molecule has 0 radical (unpaired) electrons. The maximum Gasteiger partial charge on any atom is 0.408 e. The van der Waals surface area contributed by atoms with E-state index in [1.165, 1.54) is 0 Å². The SMILES string of the molecule is C/C(=C/[C@@H](Cc1ccccc1)NC(=O)OC(C)(C)C)[C@H](C(=O)OC(C)(C)C)C(C)C. The topological polar surface area (TPSA) is 64.6 Å². The maximum absolute atomic E-state index is 12.8. The number of carbonyl (C=O) groups is 2. The molecule has 0 aliphatic rings. The summed E-state index contributed by atoms with van der Waals surface area (Å²) in [6, 6.07) is 9.60. The average Bonchev–Trinajstić information content (AvgIpc) is 2.51. The van der Waals surface area contributed by atoms with Crippen LogP contribution in [-0.2, 0) is 20.7 Å². The molecule has 1 N–H and O–H groups in total. The number of alkyl carbamates (subject to hydrolysis) is 1. The van der Waals surface area contributed by atoms with E-state index < -0.39 is 17.3 Å². The lowest BCUT2D eigenvalue weighted by Crippen LogP contribution is -2.40. The van der Waals surface area contributed by atoms with Crippen molar-refractivity contribution in [2.45, 2.75) is 86.0 Å². The molecule has 0 saturated heterocycles. The van der Waals surface area contributed by atoms with Crippen LogP contribution < -0.4 is 5.32 Å². The number of nitrogens with one attached hydrogen (secondary N) is 1. The molecule has 168 valence electrons. The first-order valence-corrected chi connectivity index (χ1v) is 10.6. The van der Waals surface area contributed by atoms with Crippen molar-refractivity contribution in [2.24, 2.45) is 11.8 Å². The molecular formula is C25H39NO4. The van der Waals surface area contributed by atoms with Gasteiger partial charge in [-0.2, -0.15) is 0 Å². The van der Waals surface area contributed by atoms with Gasteiger partial charge in [0.25, 0.3) is 0 Å². The molecule has 0 aliphatic heterocycles. The zero-order chi connectivity index (χ0) is 23.1. The molecule has 2 atom stereocenters. The van der Waals surface area contributed by atoms with Crippen molar-refractivity contribution in [3.63, 3.8) is 0 Å². The van der Waals surface area contributed by atoms with E-state index in [1.54, 1.807) is 0 Å². The van der Waals surface area contributed by atoms with Gasteiger partial charge in [0.1, 0.15) is 11.2 Å². The fourth-order valence-electron chi connectivity index (χ4n) is 3.25. The van der Waals surface area contributed by atoms with Gasteiger partial charge in [0.2, 0.25) is 0 Å². The van der Waals surface area contributed by atoms with Gasteiger partial charge in [-0.15, -0.1) is 0 Å². The Bertz CT molecular complexity index is 724. The lowest BCUT2D eigenvalue weighted by molar-refractivity contribution is -0.159. The largest absolute Gasteiger partial charge is 0.460 e. The Morgan fingerprint density at radius 1 is 0.967 bits per heavy atom. The summed E-state index contributed by atoms with van der Waals surface area (Å²) in [4.78, 5) is 25.2. The Kier molecular flexibility index (Phi) is 9.13. The summed E-state index contributed by atoms with van der Waals surface area (Å²) < 4.78 is 11.1. The van der Waals surface area contributed by atoms with Crippen molar-refractivity contribution < 1.29 is 19.1 Å². The molecule has 0 bridgehead atoms. The van der Waals surface area contributed by atoms with Gasteiger partial charge in [0.05, 0.1) is 12.0 Å². The highest BCUT2D eigenvalue weighted by Gasteiger charge is 2.30. The van der Waals surface area contributed by atoms with Gasteiger partial charge in [-0.3, -0.25) is 4.79 Å². The number of ether oxygens (including phenoxy) is 2. The molecule has 1 rings (SSSR count). The Hall–Kier alpha value is -2.30. The van der Waals surface area contributed by atoms with Crippen LogP contribution in [0, 0.1) is 11.8 Å². The van der Waals surface area contributed by atoms with E-state index in [9.17, 15) is 9.59 Å². The van der Waals surface area contributed by atoms with Crippen molar-refractivity contribution in [2.75, 3.05) is 0 Å². The highest BCUT2D eigenvalue weighted by molar-refractivity contribution is 5.76. The first-order chi connectivity index (χ1) is 13.7. The first kappa shape index (κ1) is 25.7. The fraction of sp³-hybridized carbons (Fsp3) is 0.600. The molecule has 1 amide bonds. The number of esters is 1. The Labute approximate surface area is 182 Å². The van der Waals surface area contributed by atoms with E-state index >= 15 is 0 Å². The number of benzene rings is 1. The van der Waals surface area contributed by atoms with Gasteiger partial charge in [-0.1, -0.05) is 55.8 Å². The van der Waals surface area contributed by atoms with Gasteiger partial charge in [-0.05, 0) is 66.4 Å². The number of hydrogen-bond acceptors (Lipinski definition) is 4. The van der Waals surface area contributed by atoms with Crippen molar-refractivity contribution in [3.8, 4) is 0 Å². The second-order valence-corrected chi connectivity index (χ2v) is 10.1. The second-order valence-electron chi connectivity index (χ2n) is 10.1. The summed E-state index contributed by atoms with van der Waals surface area (Å²) in [6.07, 6.45) is 2.06. The van der Waals surface area contributed by atoms with E-state index in [0.717, 1.165) is 11.1 Å². The standard InChI is InChI=1S/C25H39NO4/c1-17(2)21(22(27)29-24(4,5)6)18(3)15-20(16-19-13-11-10-12-14-19)26-23(28)30-25(7,8)9/h10-15,17,20-21H,16H2,1-9H3,(H,26,28)/b18-15-/t20-,21+/m0/s1. The molecule has 0 spiro atoms. The molecule has 0 fully saturated rings. The second kappa shape index (κ2) is 10.6. The van der Waals surface area contributed by atoms with Gasteiger partial charge >= 0.3 is 12.1 Å². The maximum atomic E-state index is 12.8. The predicted octanol–water partition coefficient (Wildman–Crippen LogP) is 5.68. The normalized spacial score (nSPS) is 14.8. The van der Waals surface area contributed by atoms with E-state index in [4.69, 9.17) is 9.47 Å².